The number of hydrogen-bond donors (Lipinski definition) is 2. The van der Waals surface area contributed by atoms with Crippen molar-refractivity contribution in [3.05, 3.63) is 69.0 Å². The van der Waals surface area contributed by atoms with Crippen LogP contribution in [0.2, 0.25) is 5.02 Å². The zero-order chi connectivity index (χ0) is 27.1. The van der Waals surface area contributed by atoms with Gasteiger partial charge in [0.1, 0.15) is 11.9 Å². The van der Waals surface area contributed by atoms with Crippen LogP contribution in [0.4, 0.5) is 14.9 Å². The molecule has 1 saturated carbocycles. The summed E-state index contributed by atoms with van der Waals surface area (Å²) in [4.78, 5) is 31.0. The minimum atomic E-state index is -0.606. The fourth-order valence-electron chi connectivity index (χ4n) is 6.03. The van der Waals surface area contributed by atoms with Crippen LogP contribution < -0.4 is 15.6 Å². The molecule has 11 heteroatoms. The molecule has 2 N–H and O–H groups in total. The van der Waals surface area contributed by atoms with Crippen molar-refractivity contribution in [2.75, 3.05) is 12.4 Å². The number of nitrogens with zero attached hydrogens (tertiary/aromatic N) is 3. The monoisotopic (exact) mass is 553 g/mol. The van der Waals surface area contributed by atoms with Crippen molar-refractivity contribution in [1.29, 1.82) is 0 Å². The van der Waals surface area contributed by atoms with E-state index in [1.165, 1.54) is 12.1 Å². The number of hydrogen-bond acceptors (Lipinski definition) is 6. The summed E-state index contributed by atoms with van der Waals surface area (Å²) >= 11 is 6.53. The van der Waals surface area contributed by atoms with Gasteiger partial charge in [0.05, 0.1) is 28.5 Å². The van der Waals surface area contributed by atoms with E-state index < -0.39 is 11.8 Å². The number of halogens is 2. The number of carbonyl (C=O) groups excluding carboxylic acids is 1. The zero-order valence-corrected chi connectivity index (χ0v) is 22.2. The van der Waals surface area contributed by atoms with Gasteiger partial charge in [-0.05, 0) is 68.7 Å². The van der Waals surface area contributed by atoms with Gasteiger partial charge in [0.2, 0.25) is 5.88 Å². The predicted octanol–water partition coefficient (Wildman–Crippen LogP) is 5.25. The average Bonchev–Trinajstić information content (AvgIpc) is 3.26. The SMILES string of the molecule is COC1CCC(Oc2ccc(-c3cc(F)c(NC(=O)N4[C@H]5CC[C@@H]4c4n[nH]c(=O)cc4C5)cc3Cl)cn2)CC1. The molecule has 0 spiro atoms. The smallest absolute Gasteiger partial charge is 0.322 e. The van der Waals surface area contributed by atoms with Crippen molar-refractivity contribution in [2.45, 2.75) is 69.2 Å². The maximum absolute atomic E-state index is 15.2. The van der Waals surface area contributed by atoms with Crippen molar-refractivity contribution in [1.82, 2.24) is 20.1 Å². The molecule has 3 aromatic rings. The number of ether oxygens (including phenoxy) is 2. The maximum atomic E-state index is 15.2. The molecule has 1 aromatic carbocycles. The van der Waals surface area contributed by atoms with Gasteiger partial charge in [-0.3, -0.25) is 4.79 Å². The molecular formula is C28H29ClFN5O4. The molecule has 2 atom stereocenters. The molecular weight excluding hydrogens is 525 g/mol. The van der Waals surface area contributed by atoms with Gasteiger partial charge in [-0.2, -0.15) is 5.10 Å². The molecule has 1 saturated heterocycles. The Hall–Kier alpha value is -3.50. The van der Waals surface area contributed by atoms with E-state index in [-0.39, 0.29) is 34.5 Å². The number of anilines is 1. The lowest BCUT2D eigenvalue weighted by Gasteiger charge is -2.35. The Balaban J connectivity index is 1.14. The summed E-state index contributed by atoms with van der Waals surface area (Å²) in [6, 6.07) is 7.04. The fourth-order valence-corrected chi connectivity index (χ4v) is 6.30. The van der Waals surface area contributed by atoms with Crippen LogP contribution in [0.5, 0.6) is 5.88 Å². The Morgan fingerprint density at radius 2 is 1.92 bits per heavy atom. The lowest BCUT2D eigenvalue weighted by Crippen LogP contribution is -2.45. The van der Waals surface area contributed by atoms with E-state index >= 15 is 4.39 Å². The number of carbonyl (C=O) groups is 1. The molecule has 0 radical (unpaired) electrons. The lowest BCUT2D eigenvalue weighted by molar-refractivity contribution is 0.0314. The minimum Gasteiger partial charge on any atom is -0.474 e. The third kappa shape index (κ3) is 5.10. The second kappa shape index (κ2) is 10.6. The maximum Gasteiger partial charge on any atom is 0.322 e. The van der Waals surface area contributed by atoms with Crippen LogP contribution in [0.3, 0.4) is 0 Å². The van der Waals surface area contributed by atoms with Gasteiger partial charge in [0, 0.05) is 42.6 Å². The highest BCUT2D eigenvalue weighted by atomic mass is 35.5. The van der Waals surface area contributed by atoms with Crippen molar-refractivity contribution < 1.29 is 18.7 Å². The largest absolute Gasteiger partial charge is 0.474 e. The summed E-state index contributed by atoms with van der Waals surface area (Å²) < 4.78 is 26.6. The van der Waals surface area contributed by atoms with Crippen LogP contribution in [0.25, 0.3) is 11.1 Å². The number of aromatic nitrogens is 3. The van der Waals surface area contributed by atoms with Gasteiger partial charge in [0.15, 0.2) is 0 Å². The number of H-pyrrole nitrogens is 1. The zero-order valence-electron chi connectivity index (χ0n) is 21.5. The summed E-state index contributed by atoms with van der Waals surface area (Å²) in [5.74, 6) is -0.0958. The van der Waals surface area contributed by atoms with Crippen LogP contribution >= 0.6 is 11.6 Å². The predicted molar refractivity (Wildman–Crippen MR) is 144 cm³/mol. The summed E-state index contributed by atoms with van der Waals surface area (Å²) in [6.45, 7) is 0. The first-order valence-corrected chi connectivity index (χ1v) is 13.6. The van der Waals surface area contributed by atoms with E-state index in [1.807, 2.05) is 0 Å². The molecule has 204 valence electrons. The number of amides is 2. The van der Waals surface area contributed by atoms with E-state index in [2.05, 4.69) is 20.5 Å². The topological polar surface area (TPSA) is 109 Å². The highest BCUT2D eigenvalue weighted by Gasteiger charge is 2.44. The minimum absolute atomic E-state index is 0.00653. The van der Waals surface area contributed by atoms with Crippen molar-refractivity contribution in [3.63, 3.8) is 0 Å². The molecule has 6 rings (SSSR count). The Morgan fingerprint density at radius 1 is 1.13 bits per heavy atom. The first-order valence-electron chi connectivity index (χ1n) is 13.2. The number of fused-ring (bicyclic) bond motifs is 4. The highest BCUT2D eigenvalue weighted by Crippen LogP contribution is 2.43. The van der Waals surface area contributed by atoms with Gasteiger partial charge in [-0.25, -0.2) is 19.3 Å². The fraction of sp³-hybridized carbons (Fsp3) is 0.429. The van der Waals surface area contributed by atoms with E-state index in [1.54, 1.807) is 36.4 Å². The Labute approximate surface area is 229 Å². The standard InChI is InChI=1S/C28H29ClFN5O4/c1-38-18-4-6-19(7-5-18)39-26-9-2-15(14-31-26)20-12-22(30)23(13-21(20)29)32-28(37)35-17-3-8-24(35)27-16(10-17)11-25(36)33-34-27/h2,9,11-14,17-19,24H,3-8,10H2,1H3,(H,32,37)(H,33,36)/t17-,18?,19?,24+/m0/s1. The van der Waals surface area contributed by atoms with Crippen LogP contribution in [0.1, 0.15) is 55.8 Å². The molecule has 1 aliphatic carbocycles. The van der Waals surface area contributed by atoms with Crippen molar-refractivity contribution in [2.24, 2.45) is 0 Å². The molecule has 4 heterocycles. The molecule has 2 aromatic heterocycles. The number of urea groups is 1. The van der Waals surface area contributed by atoms with Crippen LogP contribution in [0, 0.1) is 5.82 Å². The first-order chi connectivity index (χ1) is 18.9. The number of pyridine rings is 1. The van der Waals surface area contributed by atoms with Gasteiger partial charge < -0.3 is 19.7 Å². The van der Waals surface area contributed by atoms with E-state index in [0.717, 1.165) is 44.1 Å². The van der Waals surface area contributed by atoms with Gasteiger partial charge in [0.25, 0.3) is 5.56 Å². The van der Waals surface area contributed by atoms with Gasteiger partial charge in [-0.15, -0.1) is 0 Å². The molecule has 0 unspecified atom stereocenters. The Bertz CT molecular complexity index is 1440. The molecule has 2 fully saturated rings. The van der Waals surface area contributed by atoms with Crippen molar-refractivity contribution in [3.8, 4) is 17.0 Å². The second-order valence-corrected chi connectivity index (χ2v) is 10.8. The molecule has 39 heavy (non-hydrogen) atoms. The number of benzene rings is 1. The van der Waals surface area contributed by atoms with Gasteiger partial charge in [-0.1, -0.05) is 11.6 Å². The molecule has 2 bridgehead atoms. The third-order valence-electron chi connectivity index (χ3n) is 8.02. The summed E-state index contributed by atoms with van der Waals surface area (Å²) in [5.41, 5.74) is 2.38. The second-order valence-electron chi connectivity index (χ2n) is 10.4. The van der Waals surface area contributed by atoms with Crippen LogP contribution in [0.15, 0.2) is 41.3 Å². The summed E-state index contributed by atoms with van der Waals surface area (Å²) in [7, 11) is 1.74. The third-order valence-corrected chi connectivity index (χ3v) is 8.33. The van der Waals surface area contributed by atoms with Gasteiger partial charge >= 0.3 is 6.03 Å². The molecule has 3 aliphatic rings. The van der Waals surface area contributed by atoms with E-state index in [0.29, 0.717) is 35.2 Å². The van der Waals surface area contributed by atoms with E-state index in [9.17, 15) is 9.59 Å². The molecule has 2 amide bonds. The highest BCUT2D eigenvalue weighted by molar-refractivity contribution is 6.33. The summed E-state index contributed by atoms with van der Waals surface area (Å²) in [6.07, 6.45) is 7.79. The Morgan fingerprint density at radius 3 is 2.67 bits per heavy atom. The Kier molecular flexibility index (Phi) is 6.99. The number of rotatable bonds is 5. The summed E-state index contributed by atoms with van der Waals surface area (Å²) in [5, 5.41) is 9.61. The first kappa shape index (κ1) is 25.8. The average molecular weight is 554 g/mol. The number of aromatic amines is 1. The molecule has 9 nitrogen and oxygen atoms in total. The lowest BCUT2D eigenvalue weighted by atomic mass is 9.95. The van der Waals surface area contributed by atoms with Crippen LogP contribution in [-0.2, 0) is 11.2 Å². The van der Waals surface area contributed by atoms with Crippen molar-refractivity contribution >= 4 is 23.3 Å². The quantitative estimate of drug-likeness (QED) is 0.446. The van der Waals surface area contributed by atoms with E-state index in [4.69, 9.17) is 21.1 Å². The van der Waals surface area contributed by atoms with Crippen LogP contribution in [-0.4, -0.2) is 51.5 Å². The number of nitrogens with one attached hydrogen (secondary N) is 2. The molecule has 2 aliphatic heterocycles. The normalized spacial score (nSPS) is 23.8. The number of methoxy groups -OCH3 is 1.